The van der Waals surface area contributed by atoms with Crippen molar-refractivity contribution in [3.63, 3.8) is 0 Å². The van der Waals surface area contributed by atoms with Gasteiger partial charge in [0.15, 0.2) is 12.6 Å². The summed E-state index contributed by atoms with van der Waals surface area (Å²) in [6, 6.07) is 0. The van der Waals surface area contributed by atoms with Gasteiger partial charge in [-0.15, -0.1) is 0 Å². The van der Waals surface area contributed by atoms with Gasteiger partial charge < -0.3 is 38.7 Å². The summed E-state index contributed by atoms with van der Waals surface area (Å²) < 4.78 is 29.6. The van der Waals surface area contributed by atoms with E-state index in [0.717, 1.165) is 31.1 Å². The molecule has 13 atom stereocenters. The van der Waals surface area contributed by atoms with Crippen LogP contribution < -0.4 is 0 Å². The van der Waals surface area contributed by atoms with Gasteiger partial charge in [0.1, 0.15) is 19.0 Å². The molecule has 9 heteroatoms. The average molecular weight is 561 g/mol. The number of aldehydes is 1. The lowest BCUT2D eigenvalue weighted by molar-refractivity contribution is -0.278. The third kappa shape index (κ3) is 3.73. The number of ether oxygens (including phenoxy) is 5. The van der Waals surface area contributed by atoms with Crippen LogP contribution in [-0.4, -0.2) is 77.3 Å². The Morgan fingerprint density at radius 3 is 2.55 bits per heavy atom. The Morgan fingerprint density at radius 1 is 1.00 bits per heavy atom. The predicted octanol–water partition coefficient (Wildman–Crippen LogP) is 3.19. The highest BCUT2D eigenvalue weighted by Gasteiger charge is 2.71. The first-order valence-electron chi connectivity index (χ1n) is 15.4. The van der Waals surface area contributed by atoms with Crippen LogP contribution in [0.25, 0.3) is 0 Å². The zero-order valence-electron chi connectivity index (χ0n) is 23.9. The molecule has 222 valence electrons. The molecule has 2 saturated heterocycles. The number of cyclic esters (lactones) is 1. The highest BCUT2D eigenvalue weighted by molar-refractivity contribution is 5.85. The Labute approximate surface area is 235 Å². The SMILES string of the molecule is C[C@H]1O[C@@H]2[C@H](C)O[C@@H](O[C@H]3CC[C@]4(C=O)[C@H]5CC[C@]6(C)[C@@H](C7=CC(=O)OC7)CC[C@]6(O)[C@@H]5CC[C@]4(O)C3)C[C@H]2O1. The van der Waals surface area contributed by atoms with E-state index in [9.17, 15) is 19.8 Å². The Kier molecular flexibility index (Phi) is 6.40. The minimum Gasteiger partial charge on any atom is -0.458 e. The first kappa shape index (κ1) is 27.5. The van der Waals surface area contributed by atoms with E-state index in [1.54, 1.807) is 6.08 Å². The average Bonchev–Trinajstić information content (AvgIpc) is 3.58. The Morgan fingerprint density at radius 2 is 1.80 bits per heavy atom. The van der Waals surface area contributed by atoms with Gasteiger partial charge in [0, 0.05) is 24.3 Å². The van der Waals surface area contributed by atoms with Crippen molar-refractivity contribution < 1.29 is 43.5 Å². The molecule has 0 radical (unpaired) electrons. The van der Waals surface area contributed by atoms with Crippen molar-refractivity contribution in [3.8, 4) is 0 Å². The maximum atomic E-state index is 13.1. The summed E-state index contributed by atoms with van der Waals surface area (Å²) in [5, 5.41) is 24.6. The van der Waals surface area contributed by atoms with Gasteiger partial charge in [-0.05, 0) is 88.5 Å². The molecule has 0 aromatic carbocycles. The molecule has 0 spiro atoms. The highest BCUT2D eigenvalue weighted by Crippen LogP contribution is 2.70. The molecule has 7 aliphatic rings. The molecule has 3 heterocycles. The molecule has 0 unspecified atom stereocenters. The summed E-state index contributed by atoms with van der Waals surface area (Å²) in [5.74, 6) is -0.361. The summed E-state index contributed by atoms with van der Waals surface area (Å²) in [6.45, 7) is 6.35. The number of rotatable bonds is 4. The van der Waals surface area contributed by atoms with E-state index in [0.29, 0.717) is 51.6 Å². The van der Waals surface area contributed by atoms with Crippen molar-refractivity contribution in [2.24, 2.45) is 28.6 Å². The molecule has 0 aromatic heterocycles. The molecule has 0 aromatic rings. The fourth-order valence-corrected chi connectivity index (χ4v) is 10.6. The predicted molar refractivity (Wildman–Crippen MR) is 141 cm³/mol. The van der Waals surface area contributed by atoms with E-state index >= 15 is 0 Å². The van der Waals surface area contributed by atoms with Crippen LogP contribution in [0.4, 0.5) is 0 Å². The van der Waals surface area contributed by atoms with Gasteiger partial charge in [0.2, 0.25) is 0 Å². The second-order valence-electron chi connectivity index (χ2n) is 14.1. The summed E-state index contributed by atoms with van der Waals surface area (Å²) in [4.78, 5) is 24.9. The van der Waals surface area contributed by atoms with Crippen molar-refractivity contribution in [2.45, 2.75) is 133 Å². The number of carbonyl (C=O) groups excluding carboxylic acids is 2. The van der Waals surface area contributed by atoms with Crippen LogP contribution in [0.5, 0.6) is 0 Å². The Hall–Kier alpha value is -1.36. The van der Waals surface area contributed by atoms with Crippen LogP contribution in [-0.2, 0) is 33.3 Å². The fraction of sp³-hybridized carbons (Fsp3) is 0.871. The molecular formula is C31H44O9. The molecule has 7 rings (SSSR count). The molecule has 9 nitrogen and oxygen atoms in total. The summed E-state index contributed by atoms with van der Waals surface area (Å²) in [6.07, 6.45) is 7.67. The second kappa shape index (κ2) is 9.32. The number of hydrogen-bond acceptors (Lipinski definition) is 9. The molecule has 0 bridgehead atoms. The van der Waals surface area contributed by atoms with Gasteiger partial charge in [-0.25, -0.2) is 4.79 Å². The molecule has 3 aliphatic heterocycles. The first-order chi connectivity index (χ1) is 19.0. The summed E-state index contributed by atoms with van der Waals surface area (Å²) in [7, 11) is 0. The van der Waals surface area contributed by atoms with Gasteiger partial charge in [0.25, 0.3) is 0 Å². The minimum absolute atomic E-state index is 0.0706. The number of carbonyl (C=O) groups is 2. The van der Waals surface area contributed by atoms with Crippen LogP contribution in [0.3, 0.4) is 0 Å². The van der Waals surface area contributed by atoms with Crippen molar-refractivity contribution in [1.29, 1.82) is 0 Å². The Balaban J connectivity index is 1.09. The standard InChI is InChI=1S/C31H44O9/c1-17-27-24(38-18(2)39-27)13-26(37-17)40-20-4-9-29(16-32)22-5-8-28(3)21(19-12-25(33)36-15-19)7-11-31(28,35)23(22)6-10-30(29,34)14-20/h12,16-18,20-24,26-27,34-35H,4-11,13-15H2,1-3H3/t17-,18+,20-,21+,22-,23+,24+,26-,27+,28+,29-,30-,31-/m0/s1. The molecular weight excluding hydrogens is 516 g/mol. The number of esters is 1. The largest absolute Gasteiger partial charge is 0.458 e. The molecule has 4 aliphatic carbocycles. The van der Waals surface area contributed by atoms with Crippen LogP contribution in [0.15, 0.2) is 11.6 Å². The van der Waals surface area contributed by atoms with Crippen LogP contribution in [0.2, 0.25) is 0 Å². The van der Waals surface area contributed by atoms with E-state index in [2.05, 4.69) is 6.92 Å². The lowest BCUT2D eigenvalue weighted by atomic mass is 9.41. The Bertz CT molecular complexity index is 1090. The van der Waals surface area contributed by atoms with Crippen molar-refractivity contribution in [2.75, 3.05) is 6.61 Å². The highest BCUT2D eigenvalue weighted by atomic mass is 16.8. The normalized spacial score (nSPS) is 55.5. The van der Waals surface area contributed by atoms with Crippen LogP contribution in [0, 0.1) is 28.6 Å². The van der Waals surface area contributed by atoms with Crippen molar-refractivity contribution in [3.05, 3.63) is 11.6 Å². The summed E-state index contributed by atoms with van der Waals surface area (Å²) >= 11 is 0. The molecule has 4 saturated carbocycles. The zero-order chi connectivity index (χ0) is 28.1. The minimum atomic E-state index is -1.18. The van der Waals surface area contributed by atoms with E-state index in [4.69, 9.17) is 23.7 Å². The van der Waals surface area contributed by atoms with Gasteiger partial charge in [-0.1, -0.05) is 6.92 Å². The van der Waals surface area contributed by atoms with Crippen LogP contribution in [0.1, 0.15) is 85.0 Å². The lowest BCUT2D eigenvalue weighted by Crippen LogP contribution is -2.69. The van der Waals surface area contributed by atoms with Crippen molar-refractivity contribution >= 4 is 12.3 Å². The third-order valence-corrected chi connectivity index (χ3v) is 12.5. The maximum Gasteiger partial charge on any atom is 0.331 e. The molecule has 2 N–H and O–H groups in total. The number of fused-ring (bicyclic) bond motifs is 6. The summed E-state index contributed by atoms with van der Waals surface area (Å²) in [5.41, 5.74) is -2.42. The molecule has 0 amide bonds. The number of aliphatic hydroxyl groups is 2. The number of hydrogen-bond donors (Lipinski definition) is 2. The zero-order valence-corrected chi connectivity index (χ0v) is 23.9. The van der Waals surface area contributed by atoms with E-state index in [-0.39, 0.29) is 59.8 Å². The second-order valence-corrected chi connectivity index (χ2v) is 14.1. The van der Waals surface area contributed by atoms with Crippen LogP contribution >= 0.6 is 0 Å². The first-order valence-corrected chi connectivity index (χ1v) is 15.4. The molecule has 6 fully saturated rings. The molecule has 40 heavy (non-hydrogen) atoms. The fourth-order valence-electron chi connectivity index (χ4n) is 10.6. The van der Waals surface area contributed by atoms with Gasteiger partial charge >= 0.3 is 5.97 Å². The van der Waals surface area contributed by atoms with E-state index in [1.165, 1.54) is 0 Å². The van der Waals surface area contributed by atoms with Gasteiger partial charge in [-0.3, -0.25) is 0 Å². The third-order valence-electron chi connectivity index (χ3n) is 12.5. The monoisotopic (exact) mass is 560 g/mol. The quantitative estimate of drug-likeness (QED) is 0.303. The van der Waals surface area contributed by atoms with Gasteiger partial charge in [0.05, 0.1) is 34.9 Å². The lowest BCUT2D eigenvalue weighted by Gasteiger charge is -2.65. The topological polar surface area (TPSA) is 121 Å². The van der Waals surface area contributed by atoms with E-state index in [1.807, 2.05) is 13.8 Å². The maximum absolute atomic E-state index is 13.1. The van der Waals surface area contributed by atoms with Crippen molar-refractivity contribution in [1.82, 2.24) is 0 Å². The van der Waals surface area contributed by atoms with Gasteiger partial charge in [-0.2, -0.15) is 0 Å². The van der Waals surface area contributed by atoms with E-state index < -0.39 is 22.9 Å². The smallest absolute Gasteiger partial charge is 0.331 e.